The van der Waals surface area contributed by atoms with Crippen molar-refractivity contribution in [1.82, 2.24) is 0 Å². The lowest BCUT2D eigenvalue weighted by Gasteiger charge is -2.16. The van der Waals surface area contributed by atoms with Crippen LogP contribution in [0.4, 0.5) is 0 Å². The number of esters is 2. The molecular weight excluding hydrogens is 328 g/mol. The van der Waals surface area contributed by atoms with Crippen LogP contribution in [-0.4, -0.2) is 26.2 Å². The third-order valence-electron chi connectivity index (χ3n) is 4.19. The highest BCUT2D eigenvalue weighted by Gasteiger charge is 2.27. The minimum Gasteiger partial charge on any atom is -0.465 e. The van der Waals surface area contributed by atoms with E-state index in [1.807, 2.05) is 60.7 Å². The number of benzene rings is 2. The first-order valence-corrected chi connectivity index (χ1v) is 8.20. The van der Waals surface area contributed by atoms with E-state index in [9.17, 15) is 9.59 Å². The van der Waals surface area contributed by atoms with Gasteiger partial charge in [0.15, 0.2) is 0 Å². The molecule has 0 aliphatic rings. The number of rotatable bonds is 5. The van der Waals surface area contributed by atoms with Crippen LogP contribution in [0.25, 0.3) is 11.1 Å². The van der Waals surface area contributed by atoms with Gasteiger partial charge in [0.2, 0.25) is 0 Å². The lowest BCUT2D eigenvalue weighted by Crippen LogP contribution is -2.18. The quantitative estimate of drug-likeness (QED) is 0.459. The van der Waals surface area contributed by atoms with Gasteiger partial charge < -0.3 is 9.47 Å². The first-order chi connectivity index (χ1) is 12.5. The Morgan fingerprint density at radius 3 is 1.19 bits per heavy atom. The van der Waals surface area contributed by atoms with E-state index in [4.69, 9.17) is 9.47 Å². The molecule has 0 radical (unpaired) electrons. The molecule has 2 rings (SSSR count). The SMILES string of the molecule is COC(=O)C(/C(C(=O)OC)=C(\C)c1ccccc1)=C(/C)c1ccccc1. The standard InChI is InChI=1S/C22H22O4/c1-15(17-11-7-5-8-12-17)19(21(23)25-3)20(22(24)26-4)16(2)18-13-9-6-10-14-18/h5-14H,1-4H3/b19-15-,20-16-. The van der Waals surface area contributed by atoms with Crippen LogP contribution in [0, 0.1) is 0 Å². The van der Waals surface area contributed by atoms with E-state index in [2.05, 4.69) is 0 Å². The molecule has 0 saturated heterocycles. The Kier molecular flexibility index (Phi) is 6.50. The van der Waals surface area contributed by atoms with Crippen LogP contribution < -0.4 is 0 Å². The zero-order valence-electron chi connectivity index (χ0n) is 15.4. The van der Waals surface area contributed by atoms with Crippen LogP contribution in [0.15, 0.2) is 71.8 Å². The largest absolute Gasteiger partial charge is 0.465 e. The van der Waals surface area contributed by atoms with Crippen molar-refractivity contribution in [3.63, 3.8) is 0 Å². The average Bonchev–Trinajstić information content (AvgIpc) is 2.71. The van der Waals surface area contributed by atoms with Gasteiger partial charge in [0.05, 0.1) is 25.4 Å². The second kappa shape index (κ2) is 8.81. The van der Waals surface area contributed by atoms with Crippen molar-refractivity contribution in [1.29, 1.82) is 0 Å². The summed E-state index contributed by atoms with van der Waals surface area (Å²) in [6.45, 7) is 3.59. The number of hydrogen-bond donors (Lipinski definition) is 0. The molecule has 0 aliphatic carbocycles. The van der Waals surface area contributed by atoms with Crippen LogP contribution in [0.3, 0.4) is 0 Å². The zero-order chi connectivity index (χ0) is 19.1. The van der Waals surface area contributed by atoms with E-state index >= 15 is 0 Å². The molecule has 26 heavy (non-hydrogen) atoms. The summed E-state index contributed by atoms with van der Waals surface area (Å²) < 4.78 is 9.96. The van der Waals surface area contributed by atoms with Gasteiger partial charge in [-0.1, -0.05) is 60.7 Å². The number of carbonyl (C=O) groups excluding carboxylic acids is 2. The lowest BCUT2D eigenvalue weighted by molar-refractivity contribution is -0.139. The van der Waals surface area contributed by atoms with Crippen molar-refractivity contribution in [3.8, 4) is 0 Å². The van der Waals surface area contributed by atoms with Crippen LogP contribution in [0.2, 0.25) is 0 Å². The fraction of sp³-hybridized carbons (Fsp3) is 0.182. The van der Waals surface area contributed by atoms with Gasteiger partial charge >= 0.3 is 11.9 Å². The molecule has 0 spiro atoms. The van der Waals surface area contributed by atoms with Crippen molar-refractivity contribution < 1.29 is 19.1 Å². The minimum absolute atomic E-state index is 0.201. The number of ether oxygens (including phenoxy) is 2. The molecule has 0 N–H and O–H groups in total. The van der Waals surface area contributed by atoms with Gasteiger partial charge in [0.1, 0.15) is 0 Å². The van der Waals surface area contributed by atoms with Crippen LogP contribution >= 0.6 is 0 Å². The molecule has 0 atom stereocenters. The summed E-state index contributed by atoms with van der Waals surface area (Å²) in [5.41, 5.74) is 3.35. The zero-order valence-corrected chi connectivity index (χ0v) is 15.4. The molecular formula is C22H22O4. The predicted molar refractivity (Wildman–Crippen MR) is 102 cm³/mol. The molecule has 2 aromatic carbocycles. The molecule has 4 heteroatoms. The Bertz CT molecular complexity index is 773. The van der Waals surface area contributed by atoms with Crippen molar-refractivity contribution in [3.05, 3.63) is 82.9 Å². The van der Waals surface area contributed by atoms with E-state index in [-0.39, 0.29) is 11.1 Å². The summed E-state index contributed by atoms with van der Waals surface area (Å²) in [5, 5.41) is 0. The van der Waals surface area contributed by atoms with Crippen molar-refractivity contribution in [2.75, 3.05) is 14.2 Å². The maximum Gasteiger partial charge on any atom is 0.339 e. The second-order valence-electron chi connectivity index (χ2n) is 5.72. The molecule has 0 unspecified atom stereocenters. The molecule has 0 bridgehead atoms. The first kappa shape index (κ1) is 19.2. The molecule has 0 amide bonds. The normalized spacial score (nSPS) is 12.6. The maximum atomic E-state index is 12.6. The van der Waals surface area contributed by atoms with Gasteiger partial charge in [0, 0.05) is 0 Å². The lowest BCUT2D eigenvalue weighted by atomic mass is 9.90. The molecule has 2 aromatic rings. The highest BCUT2D eigenvalue weighted by Crippen LogP contribution is 2.31. The molecule has 0 fully saturated rings. The highest BCUT2D eigenvalue weighted by molar-refractivity contribution is 6.16. The average molecular weight is 350 g/mol. The van der Waals surface area contributed by atoms with Gasteiger partial charge in [-0.3, -0.25) is 0 Å². The second-order valence-corrected chi connectivity index (χ2v) is 5.72. The van der Waals surface area contributed by atoms with Gasteiger partial charge in [-0.25, -0.2) is 9.59 Å². The molecule has 0 aromatic heterocycles. The van der Waals surface area contributed by atoms with Crippen LogP contribution in [0.5, 0.6) is 0 Å². The summed E-state index contributed by atoms with van der Waals surface area (Å²) >= 11 is 0. The summed E-state index contributed by atoms with van der Waals surface area (Å²) in [4.78, 5) is 25.2. The molecule has 0 heterocycles. The molecule has 0 aliphatic heterocycles. The summed E-state index contributed by atoms with van der Waals surface area (Å²) in [6.07, 6.45) is 0. The predicted octanol–water partition coefficient (Wildman–Crippen LogP) is 4.28. The molecule has 0 saturated carbocycles. The summed E-state index contributed by atoms with van der Waals surface area (Å²) in [6, 6.07) is 18.8. The van der Waals surface area contributed by atoms with E-state index in [0.29, 0.717) is 11.1 Å². The highest BCUT2D eigenvalue weighted by atomic mass is 16.5. The minimum atomic E-state index is -0.581. The monoisotopic (exact) mass is 350 g/mol. The van der Waals surface area contributed by atoms with Crippen molar-refractivity contribution in [2.45, 2.75) is 13.8 Å². The van der Waals surface area contributed by atoms with E-state index in [1.165, 1.54) is 14.2 Å². The summed E-state index contributed by atoms with van der Waals surface area (Å²) in [7, 11) is 2.60. The third-order valence-corrected chi connectivity index (χ3v) is 4.19. The molecule has 134 valence electrons. The fourth-order valence-corrected chi connectivity index (χ4v) is 2.75. The Morgan fingerprint density at radius 1 is 0.615 bits per heavy atom. The maximum absolute atomic E-state index is 12.6. The van der Waals surface area contributed by atoms with Gasteiger partial charge in [-0.2, -0.15) is 0 Å². The topological polar surface area (TPSA) is 52.6 Å². The number of allylic oxidation sites excluding steroid dienone is 2. The third kappa shape index (κ3) is 4.09. The smallest absolute Gasteiger partial charge is 0.339 e. The number of hydrogen-bond acceptors (Lipinski definition) is 4. The van der Waals surface area contributed by atoms with E-state index in [0.717, 1.165) is 11.1 Å². The Morgan fingerprint density at radius 2 is 0.923 bits per heavy atom. The molecule has 4 nitrogen and oxygen atoms in total. The number of methoxy groups -OCH3 is 2. The number of carbonyl (C=O) groups is 2. The van der Waals surface area contributed by atoms with E-state index in [1.54, 1.807) is 13.8 Å². The Balaban J connectivity index is 2.81. The van der Waals surface area contributed by atoms with Gasteiger partial charge in [0.25, 0.3) is 0 Å². The van der Waals surface area contributed by atoms with Crippen LogP contribution in [0.1, 0.15) is 25.0 Å². The van der Waals surface area contributed by atoms with Crippen molar-refractivity contribution in [2.24, 2.45) is 0 Å². The van der Waals surface area contributed by atoms with E-state index < -0.39 is 11.9 Å². The van der Waals surface area contributed by atoms with Gasteiger partial charge in [-0.15, -0.1) is 0 Å². The first-order valence-electron chi connectivity index (χ1n) is 8.20. The fourth-order valence-electron chi connectivity index (χ4n) is 2.75. The van der Waals surface area contributed by atoms with Crippen molar-refractivity contribution >= 4 is 23.1 Å². The Hall–Kier alpha value is -3.14. The Labute approximate surface area is 153 Å². The van der Waals surface area contributed by atoms with Gasteiger partial charge in [-0.05, 0) is 36.1 Å². The van der Waals surface area contributed by atoms with Crippen LogP contribution in [-0.2, 0) is 19.1 Å². The summed E-state index contributed by atoms with van der Waals surface area (Å²) in [5.74, 6) is -1.16.